The number of nitrogens with zero attached hydrogens (tertiary/aromatic N) is 2. The van der Waals surface area contributed by atoms with Crippen LogP contribution in [0.1, 0.15) is 50.4 Å². The Morgan fingerprint density at radius 2 is 1.93 bits per heavy atom. The number of likely N-dealkylation sites (tertiary alicyclic amines) is 1. The highest BCUT2D eigenvalue weighted by Crippen LogP contribution is 2.41. The Bertz CT molecular complexity index is 757. The van der Waals surface area contributed by atoms with Gasteiger partial charge in [-0.2, -0.15) is 0 Å². The molecule has 3 nitrogen and oxygen atoms in total. The number of pyridine rings is 1. The summed E-state index contributed by atoms with van der Waals surface area (Å²) in [6.45, 7) is 12.2. The van der Waals surface area contributed by atoms with E-state index in [1.807, 2.05) is 25.3 Å². The molecule has 152 valence electrons. The minimum absolute atomic E-state index is 0.0649. The smallest absolute Gasteiger partial charge is 0.123 e. The van der Waals surface area contributed by atoms with E-state index in [2.05, 4.69) is 42.8 Å². The zero-order valence-corrected chi connectivity index (χ0v) is 17.7. The van der Waals surface area contributed by atoms with Crippen LogP contribution in [0.3, 0.4) is 0 Å². The maximum Gasteiger partial charge on any atom is 0.123 e. The van der Waals surface area contributed by atoms with Gasteiger partial charge >= 0.3 is 0 Å². The molecule has 1 aromatic heterocycles. The molecule has 1 aromatic carbocycles. The quantitative estimate of drug-likeness (QED) is 0.631. The maximum atomic E-state index is 13.2. The van der Waals surface area contributed by atoms with Crippen molar-refractivity contribution >= 4 is 0 Å². The summed E-state index contributed by atoms with van der Waals surface area (Å²) in [5, 5.41) is 0. The number of aromatic nitrogens is 1. The first-order valence-electron chi connectivity index (χ1n) is 10.3. The van der Waals surface area contributed by atoms with Crippen molar-refractivity contribution < 1.29 is 9.13 Å². The lowest BCUT2D eigenvalue weighted by atomic mass is 9.81. The second-order valence-corrected chi connectivity index (χ2v) is 8.68. The van der Waals surface area contributed by atoms with Crippen LogP contribution in [0.2, 0.25) is 0 Å². The summed E-state index contributed by atoms with van der Waals surface area (Å²) in [6.07, 6.45) is 5.14. The zero-order chi connectivity index (χ0) is 20.2. The van der Waals surface area contributed by atoms with E-state index in [0.29, 0.717) is 0 Å². The largest absolute Gasteiger partial charge is 0.381 e. The van der Waals surface area contributed by atoms with Crippen molar-refractivity contribution in [3.63, 3.8) is 0 Å². The molecule has 1 atom stereocenters. The molecule has 2 aromatic rings. The molecule has 1 aliphatic heterocycles. The van der Waals surface area contributed by atoms with E-state index < -0.39 is 0 Å². The molecule has 2 heterocycles. The summed E-state index contributed by atoms with van der Waals surface area (Å²) in [6, 6.07) is 11.2. The van der Waals surface area contributed by atoms with Crippen molar-refractivity contribution in [3.05, 3.63) is 65.2 Å². The summed E-state index contributed by atoms with van der Waals surface area (Å²) in [4.78, 5) is 7.08. The molecule has 3 rings (SSSR count). The van der Waals surface area contributed by atoms with Crippen LogP contribution in [0.4, 0.5) is 4.39 Å². The average molecular weight is 385 g/mol. The van der Waals surface area contributed by atoms with Gasteiger partial charge in [0.2, 0.25) is 0 Å². The fraction of sp³-hybridized carbons (Fsp3) is 0.542. The van der Waals surface area contributed by atoms with Gasteiger partial charge in [0.1, 0.15) is 5.82 Å². The Labute approximate surface area is 168 Å². The second-order valence-electron chi connectivity index (χ2n) is 8.68. The fourth-order valence-corrected chi connectivity index (χ4v) is 4.20. The molecule has 28 heavy (non-hydrogen) atoms. The molecule has 0 radical (unpaired) electrons. The van der Waals surface area contributed by atoms with Crippen LogP contribution < -0.4 is 0 Å². The molecule has 1 fully saturated rings. The van der Waals surface area contributed by atoms with Crippen molar-refractivity contribution in [3.8, 4) is 0 Å². The van der Waals surface area contributed by atoms with Crippen molar-refractivity contribution in [1.29, 1.82) is 0 Å². The monoisotopic (exact) mass is 384 g/mol. The number of rotatable bonds is 8. The maximum absolute atomic E-state index is 13.2. The number of hydrogen-bond acceptors (Lipinski definition) is 3. The van der Waals surface area contributed by atoms with Crippen LogP contribution >= 0.6 is 0 Å². The van der Waals surface area contributed by atoms with Gasteiger partial charge in [-0.15, -0.1) is 0 Å². The lowest BCUT2D eigenvalue weighted by molar-refractivity contribution is 0.0385. The Balaban J connectivity index is 1.73. The topological polar surface area (TPSA) is 25.4 Å². The Kier molecular flexibility index (Phi) is 6.51. The highest BCUT2D eigenvalue weighted by Gasteiger charge is 2.43. The predicted molar refractivity (Wildman–Crippen MR) is 112 cm³/mol. The molecule has 0 N–H and O–H groups in total. The summed E-state index contributed by atoms with van der Waals surface area (Å²) in [5.74, 6) is -0.173. The van der Waals surface area contributed by atoms with E-state index in [4.69, 9.17) is 4.74 Å². The molecule has 0 aliphatic carbocycles. The van der Waals surface area contributed by atoms with Crippen LogP contribution in [0.25, 0.3) is 0 Å². The number of halogens is 1. The van der Waals surface area contributed by atoms with Crippen LogP contribution in [-0.2, 0) is 16.7 Å². The van der Waals surface area contributed by atoms with E-state index in [1.54, 1.807) is 12.1 Å². The predicted octanol–water partition coefficient (Wildman–Crippen LogP) is 5.13. The van der Waals surface area contributed by atoms with Crippen LogP contribution in [0.5, 0.6) is 0 Å². The van der Waals surface area contributed by atoms with Crippen molar-refractivity contribution in [2.75, 3.05) is 26.3 Å². The number of ether oxygens (including phenoxy) is 1. The minimum atomic E-state index is -0.173. The van der Waals surface area contributed by atoms with E-state index in [-0.39, 0.29) is 16.8 Å². The number of hydrogen-bond donors (Lipinski definition) is 0. The molecule has 4 heteroatoms. The third-order valence-corrected chi connectivity index (χ3v) is 6.32. The summed E-state index contributed by atoms with van der Waals surface area (Å²) >= 11 is 0. The minimum Gasteiger partial charge on any atom is -0.381 e. The van der Waals surface area contributed by atoms with Gasteiger partial charge in [0, 0.05) is 36.0 Å². The van der Waals surface area contributed by atoms with Crippen LogP contribution in [0, 0.1) is 18.2 Å². The Morgan fingerprint density at radius 1 is 1.18 bits per heavy atom. The zero-order valence-electron chi connectivity index (χ0n) is 17.7. The SMILES string of the molecule is CCOC[C@]1(CCc2ccc(F)cc2)CCN(C(C)(C)c2ccc(C)nc2)C1. The molecule has 0 amide bonds. The standard InChI is InChI=1S/C24H33FN2O/c1-5-28-18-24(13-12-20-7-10-22(25)11-8-20)14-15-27(17-24)23(3,4)21-9-6-19(2)26-16-21/h6-11,16H,5,12-15,17-18H2,1-4H3/t24-/m1/s1. The van der Waals surface area contributed by atoms with E-state index >= 15 is 0 Å². The molecular formula is C24H33FN2O. The van der Waals surface area contributed by atoms with Gasteiger partial charge in [-0.3, -0.25) is 9.88 Å². The van der Waals surface area contributed by atoms with Gasteiger partial charge in [-0.1, -0.05) is 18.2 Å². The third-order valence-electron chi connectivity index (χ3n) is 6.32. The van der Waals surface area contributed by atoms with Gasteiger partial charge < -0.3 is 4.74 Å². The molecule has 1 aliphatic rings. The van der Waals surface area contributed by atoms with Crippen LogP contribution in [0.15, 0.2) is 42.6 Å². The molecule has 0 spiro atoms. The highest BCUT2D eigenvalue weighted by molar-refractivity contribution is 5.22. The first kappa shape index (κ1) is 20.9. The summed E-state index contributed by atoms with van der Waals surface area (Å²) < 4.78 is 19.1. The summed E-state index contributed by atoms with van der Waals surface area (Å²) in [7, 11) is 0. The second kappa shape index (κ2) is 8.71. The molecule has 0 unspecified atom stereocenters. The highest BCUT2D eigenvalue weighted by atomic mass is 19.1. The normalized spacial score (nSPS) is 20.6. The molecule has 1 saturated heterocycles. The van der Waals surface area contributed by atoms with Crippen molar-refractivity contribution in [1.82, 2.24) is 9.88 Å². The van der Waals surface area contributed by atoms with Gasteiger partial charge in [0.15, 0.2) is 0 Å². The van der Waals surface area contributed by atoms with Gasteiger partial charge in [-0.25, -0.2) is 4.39 Å². The lowest BCUT2D eigenvalue weighted by Gasteiger charge is -2.38. The van der Waals surface area contributed by atoms with Gasteiger partial charge in [0.05, 0.1) is 6.61 Å². The Morgan fingerprint density at radius 3 is 2.57 bits per heavy atom. The first-order chi connectivity index (χ1) is 13.3. The average Bonchev–Trinajstić information content (AvgIpc) is 3.12. The summed E-state index contributed by atoms with van der Waals surface area (Å²) in [5.41, 5.74) is 3.57. The van der Waals surface area contributed by atoms with Crippen LogP contribution in [-0.4, -0.2) is 36.2 Å². The van der Waals surface area contributed by atoms with E-state index in [9.17, 15) is 4.39 Å². The van der Waals surface area contributed by atoms with Crippen molar-refractivity contribution in [2.45, 2.75) is 52.5 Å². The van der Waals surface area contributed by atoms with E-state index in [1.165, 1.54) is 11.1 Å². The van der Waals surface area contributed by atoms with Gasteiger partial charge in [0.25, 0.3) is 0 Å². The molecule has 0 bridgehead atoms. The van der Waals surface area contributed by atoms with E-state index in [0.717, 1.165) is 51.3 Å². The molecule has 0 saturated carbocycles. The number of aryl methyl sites for hydroxylation is 2. The lowest BCUT2D eigenvalue weighted by Crippen LogP contribution is -2.42. The van der Waals surface area contributed by atoms with Gasteiger partial charge in [-0.05, 0) is 82.8 Å². The Hall–Kier alpha value is -1.78. The fourth-order valence-electron chi connectivity index (χ4n) is 4.20. The first-order valence-corrected chi connectivity index (χ1v) is 10.3. The molecular weight excluding hydrogens is 351 g/mol. The third kappa shape index (κ3) is 4.79. The van der Waals surface area contributed by atoms with Crippen molar-refractivity contribution in [2.24, 2.45) is 5.41 Å². The number of benzene rings is 1.